The Morgan fingerprint density at radius 3 is 2.74 bits per heavy atom. The van der Waals surface area contributed by atoms with Crippen LogP contribution >= 0.6 is 11.8 Å². The number of benzene rings is 1. The first-order valence-corrected chi connectivity index (χ1v) is 11.8. The fraction of sp³-hybridized carbons (Fsp3) is 0.240. The van der Waals surface area contributed by atoms with Gasteiger partial charge in [-0.2, -0.15) is 0 Å². The molecule has 4 heterocycles. The third-order valence-electron chi connectivity index (χ3n) is 5.81. The van der Waals surface area contributed by atoms with Gasteiger partial charge in [0.1, 0.15) is 5.76 Å². The van der Waals surface area contributed by atoms with E-state index in [9.17, 15) is 4.79 Å². The van der Waals surface area contributed by atoms with Gasteiger partial charge in [-0.3, -0.25) is 9.36 Å². The van der Waals surface area contributed by atoms with Gasteiger partial charge in [0.25, 0.3) is 0 Å². The lowest BCUT2D eigenvalue weighted by molar-refractivity contribution is 0.102. The standard InChI is InChI=1S/C25H24N4O4S/c1-5-9-28-24(19-8-10-31-17(19)4)26-27-25(28)34-13-21(30)20-11-15(2)29(16(20)3)18-6-7-22-23(12-18)33-14-32-22/h5-8,10-12H,1,9,13-14H2,2-4H3. The molecule has 0 saturated heterocycles. The molecule has 0 unspecified atom stereocenters. The molecule has 0 aliphatic carbocycles. The van der Waals surface area contributed by atoms with E-state index >= 15 is 0 Å². The summed E-state index contributed by atoms with van der Waals surface area (Å²) in [6, 6.07) is 9.58. The number of hydrogen-bond donors (Lipinski definition) is 0. The number of rotatable bonds is 8. The zero-order chi connectivity index (χ0) is 23.8. The van der Waals surface area contributed by atoms with Gasteiger partial charge in [0.05, 0.1) is 17.6 Å². The van der Waals surface area contributed by atoms with Crippen molar-refractivity contribution < 1.29 is 18.7 Å². The van der Waals surface area contributed by atoms with Crippen LogP contribution in [0.2, 0.25) is 0 Å². The number of aryl methyl sites for hydroxylation is 2. The summed E-state index contributed by atoms with van der Waals surface area (Å²) in [5, 5.41) is 9.33. The lowest BCUT2D eigenvalue weighted by atomic mass is 10.2. The summed E-state index contributed by atoms with van der Waals surface area (Å²) in [4.78, 5) is 13.2. The molecule has 174 valence electrons. The van der Waals surface area contributed by atoms with Crippen LogP contribution in [0.3, 0.4) is 0 Å². The van der Waals surface area contributed by atoms with E-state index in [2.05, 4.69) is 21.3 Å². The molecule has 0 atom stereocenters. The molecule has 1 aromatic carbocycles. The van der Waals surface area contributed by atoms with Crippen molar-refractivity contribution in [3.05, 3.63) is 72.0 Å². The van der Waals surface area contributed by atoms with Gasteiger partial charge in [0, 0.05) is 35.2 Å². The third kappa shape index (κ3) is 3.81. The fourth-order valence-corrected chi connectivity index (χ4v) is 5.01. The molecule has 0 fully saturated rings. The van der Waals surface area contributed by atoms with Gasteiger partial charge in [0.15, 0.2) is 28.3 Å². The Morgan fingerprint density at radius 2 is 1.97 bits per heavy atom. The van der Waals surface area contributed by atoms with Crippen molar-refractivity contribution in [1.29, 1.82) is 0 Å². The number of fused-ring (bicyclic) bond motifs is 1. The molecular formula is C25H24N4O4S. The number of Topliss-reactive ketones (excluding diaryl/α,β-unsaturated/α-hetero) is 1. The Balaban J connectivity index is 1.38. The number of ether oxygens (including phenoxy) is 2. The number of thioether (sulfide) groups is 1. The van der Waals surface area contributed by atoms with Crippen LogP contribution in [0.25, 0.3) is 17.1 Å². The van der Waals surface area contributed by atoms with Gasteiger partial charge in [-0.15, -0.1) is 16.8 Å². The maximum Gasteiger partial charge on any atom is 0.231 e. The Hall–Kier alpha value is -3.72. The lowest BCUT2D eigenvalue weighted by Crippen LogP contribution is -2.07. The minimum absolute atomic E-state index is 0.0271. The SMILES string of the molecule is C=CCn1c(SCC(=O)c2cc(C)n(-c3ccc4c(c3)OCO4)c2C)nnc1-c1ccoc1C. The van der Waals surface area contributed by atoms with E-state index in [0.717, 1.165) is 34.1 Å². The number of carbonyl (C=O) groups excluding carboxylic acids is 1. The summed E-state index contributed by atoms with van der Waals surface area (Å²) in [7, 11) is 0. The minimum Gasteiger partial charge on any atom is -0.469 e. The molecule has 0 radical (unpaired) electrons. The largest absolute Gasteiger partial charge is 0.469 e. The summed E-state index contributed by atoms with van der Waals surface area (Å²) in [5.74, 6) is 3.17. The second-order valence-electron chi connectivity index (χ2n) is 7.97. The van der Waals surface area contributed by atoms with Gasteiger partial charge in [0.2, 0.25) is 6.79 Å². The van der Waals surface area contributed by atoms with E-state index in [1.54, 1.807) is 12.3 Å². The molecule has 5 rings (SSSR count). The predicted molar refractivity (Wildman–Crippen MR) is 129 cm³/mol. The normalized spacial score (nSPS) is 12.3. The average Bonchev–Trinajstić information content (AvgIpc) is 3.59. The molecule has 4 aromatic rings. The number of hydrogen-bond acceptors (Lipinski definition) is 7. The number of furan rings is 1. The third-order valence-corrected chi connectivity index (χ3v) is 6.77. The van der Waals surface area contributed by atoms with Crippen LogP contribution < -0.4 is 9.47 Å². The lowest BCUT2D eigenvalue weighted by Gasteiger charge is -2.11. The van der Waals surface area contributed by atoms with E-state index in [-0.39, 0.29) is 18.3 Å². The fourth-order valence-electron chi connectivity index (χ4n) is 4.18. The maximum absolute atomic E-state index is 13.2. The summed E-state index contributed by atoms with van der Waals surface area (Å²) in [6.07, 6.45) is 3.41. The van der Waals surface area contributed by atoms with Crippen molar-refractivity contribution >= 4 is 17.5 Å². The van der Waals surface area contributed by atoms with Gasteiger partial charge < -0.3 is 18.5 Å². The molecule has 3 aromatic heterocycles. The molecule has 0 saturated carbocycles. The molecule has 8 nitrogen and oxygen atoms in total. The molecule has 9 heteroatoms. The van der Waals surface area contributed by atoms with E-state index in [0.29, 0.717) is 28.8 Å². The first-order valence-electron chi connectivity index (χ1n) is 10.8. The molecule has 0 amide bonds. The van der Waals surface area contributed by atoms with Gasteiger partial charge >= 0.3 is 0 Å². The summed E-state index contributed by atoms with van der Waals surface area (Å²) in [6.45, 7) is 10.4. The van der Waals surface area contributed by atoms with E-state index in [1.165, 1.54) is 11.8 Å². The highest BCUT2D eigenvalue weighted by molar-refractivity contribution is 7.99. The Labute approximate surface area is 201 Å². The van der Waals surface area contributed by atoms with Crippen LogP contribution in [0.15, 0.2) is 58.8 Å². The number of aromatic nitrogens is 4. The second kappa shape index (κ2) is 8.90. The Bertz CT molecular complexity index is 1400. The smallest absolute Gasteiger partial charge is 0.231 e. The summed E-state index contributed by atoms with van der Waals surface area (Å²) >= 11 is 1.37. The van der Waals surface area contributed by atoms with Crippen LogP contribution in [-0.4, -0.2) is 37.7 Å². The highest BCUT2D eigenvalue weighted by Crippen LogP contribution is 2.35. The molecule has 0 bridgehead atoms. The van der Waals surface area contributed by atoms with E-state index < -0.39 is 0 Å². The topological polar surface area (TPSA) is 84.3 Å². The first kappa shape index (κ1) is 22.1. The van der Waals surface area contributed by atoms with Crippen molar-refractivity contribution in [2.45, 2.75) is 32.5 Å². The van der Waals surface area contributed by atoms with Crippen LogP contribution in [0.1, 0.15) is 27.5 Å². The van der Waals surface area contributed by atoms with Crippen LogP contribution in [0.5, 0.6) is 11.5 Å². The van der Waals surface area contributed by atoms with Crippen molar-refractivity contribution in [2.75, 3.05) is 12.5 Å². The molecule has 1 aliphatic rings. The van der Waals surface area contributed by atoms with Gasteiger partial charge in [-0.1, -0.05) is 17.8 Å². The summed E-state index contributed by atoms with van der Waals surface area (Å²) in [5.41, 5.74) is 4.33. The van der Waals surface area contributed by atoms with E-state index in [1.807, 2.05) is 55.7 Å². The number of allylic oxidation sites excluding steroid dienone is 1. The van der Waals surface area contributed by atoms with Crippen molar-refractivity contribution in [3.63, 3.8) is 0 Å². The van der Waals surface area contributed by atoms with Gasteiger partial charge in [-0.25, -0.2) is 0 Å². The maximum atomic E-state index is 13.2. The van der Waals surface area contributed by atoms with Crippen molar-refractivity contribution in [1.82, 2.24) is 19.3 Å². The Morgan fingerprint density at radius 1 is 1.15 bits per heavy atom. The van der Waals surface area contributed by atoms with E-state index in [4.69, 9.17) is 13.9 Å². The summed E-state index contributed by atoms with van der Waals surface area (Å²) < 4.78 is 20.3. The van der Waals surface area contributed by atoms with Crippen LogP contribution in [0.4, 0.5) is 0 Å². The monoisotopic (exact) mass is 476 g/mol. The number of ketones is 1. The number of carbonyl (C=O) groups is 1. The van der Waals surface area contributed by atoms with Crippen LogP contribution in [-0.2, 0) is 6.54 Å². The molecule has 0 N–H and O–H groups in total. The molecular weight excluding hydrogens is 452 g/mol. The zero-order valence-corrected chi connectivity index (χ0v) is 20.0. The number of nitrogens with zero attached hydrogens (tertiary/aromatic N) is 4. The van der Waals surface area contributed by atoms with Gasteiger partial charge in [-0.05, 0) is 45.0 Å². The molecule has 1 aliphatic heterocycles. The predicted octanol–water partition coefficient (Wildman–Crippen LogP) is 5.14. The second-order valence-corrected chi connectivity index (χ2v) is 8.91. The highest BCUT2D eigenvalue weighted by Gasteiger charge is 2.22. The quantitative estimate of drug-likeness (QED) is 0.198. The van der Waals surface area contributed by atoms with Crippen molar-refractivity contribution in [3.8, 4) is 28.6 Å². The average molecular weight is 477 g/mol. The molecule has 0 spiro atoms. The first-order chi connectivity index (χ1) is 16.5. The zero-order valence-electron chi connectivity index (χ0n) is 19.2. The Kier molecular flexibility index (Phi) is 5.79. The highest BCUT2D eigenvalue weighted by atomic mass is 32.2. The molecule has 34 heavy (non-hydrogen) atoms. The van der Waals surface area contributed by atoms with Crippen LogP contribution in [0, 0.1) is 20.8 Å². The van der Waals surface area contributed by atoms with Crippen molar-refractivity contribution in [2.24, 2.45) is 0 Å². The minimum atomic E-state index is 0.0271.